The van der Waals surface area contributed by atoms with E-state index in [2.05, 4.69) is 11.5 Å². The summed E-state index contributed by atoms with van der Waals surface area (Å²) in [5.74, 6) is -0.152. The molecule has 0 saturated carbocycles. The fourth-order valence-electron chi connectivity index (χ4n) is 3.14. The SMILES string of the molecule is C=CCN(C)CC[C@@H]1CC[C@H](O)[C@@H](C(=O)N(C)Cc2ccccc2)O1. The third-order valence-corrected chi connectivity index (χ3v) is 4.63. The predicted octanol–water partition coefficient (Wildman–Crippen LogP) is 2.06. The third-order valence-electron chi connectivity index (χ3n) is 4.63. The third kappa shape index (κ3) is 5.96. The standard InChI is InChI=1S/C20H30N2O3/c1-4-13-21(2)14-12-17-10-11-18(23)19(25-17)20(24)22(3)15-16-8-6-5-7-9-16/h4-9,17-19,23H,1,10-15H2,2-3H3/t17-,18-,19-/m0/s1. The summed E-state index contributed by atoms with van der Waals surface area (Å²) in [6, 6.07) is 9.83. The zero-order chi connectivity index (χ0) is 18.2. The Morgan fingerprint density at radius 2 is 2.04 bits per heavy atom. The average molecular weight is 346 g/mol. The Balaban J connectivity index is 1.89. The van der Waals surface area contributed by atoms with Crippen molar-refractivity contribution >= 4 is 5.91 Å². The minimum atomic E-state index is -0.767. The second-order valence-corrected chi connectivity index (χ2v) is 6.84. The van der Waals surface area contributed by atoms with Crippen molar-refractivity contribution in [3.63, 3.8) is 0 Å². The first kappa shape index (κ1) is 19.6. The van der Waals surface area contributed by atoms with Crippen molar-refractivity contribution in [3.8, 4) is 0 Å². The molecule has 0 aliphatic carbocycles. The van der Waals surface area contributed by atoms with Crippen LogP contribution in [0.5, 0.6) is 0 Å². The number of nitrogens with zero attached hydrogens (tertiary/aromatic N) is 2. The quantitative estimate of drug-likeness (QED) is 0.732. The van der Waals surface area contributed by atoms with Gasteiger partial charge in [-0.25, -0.2) is 0 Å². The lowest BCUT2D eigenvalue weighted by Crippen LogP contribution is -2.49. The Morgan fingerprint density at radius 1 is 1.32 bits per heavy atom. The van der Waals surface area contributed by atoms with Crippen molar-refractivity contribution in [3.05, 3.63) is 48.6 Å². The highest BCUT2D eigenvalue weighted by Crippen LogP contribution is 2.23. The molecule has 1 aromatic rings. The van der Waals surface area contributed by atoms with Gasteiger partial charge >= 0.3 is 0 Å². The summed E-state index contributed by atoms with van der Waals surface area (Å²) in [4.78, 5) is 16.5. The molecule has 5 heteroatoms. The lowest BCUT2D eigenvalue weighted by atomic mass is 9.98. The number of carbonyl (C=O) groups excluding carboxylic acids is 1. The van der Waals surface area contributed by atoms with Gasteiger partial charge in [0, 0.05) is 26.7 Å². The summed E-state index contributed by atoms with van der Waals surface area (Å²) in [5, 5.41) is 10.2. The molecule has 0 aromatic heterocycles. The van der Waals surface area contributed by atoms with Gasteiger partial charge in [-0.2, -0.15) is 0 Å². The van der Waals surface area contributed by atoms with E-state index in [0.717, 1.165) is 31.5 Å². The molecule has 0 bridgehead atoms. The van der Waals surface area contributed by atoms with E-state index in [9.17, 15) is 9.90 Å². The Kier molecular flexibility index (Phi) is 7.62. The smallest absolute Gasteiger partial charge is 0.254 e. The molecular weight excluding hydrogens is 316 g/mol. The van der Waals surface area contributed by atoms with Crippen molar-refractivity contribution < 1.29 is 14.6 Å². The molecule has 3 atom stereocenters. The van der Waals surface area contributed by atoms with Crippen molar-refractivity contribution in [1.29, 1.82) is 0 Å². The maximum Gasteiger partial charge on any atom is 0.254 e. The van der Waals surface area contributed by atoms with Crippen LogP contribution in [0.2, 0.25) is 0 Å². The topological polar surface area (TPSA) is 53.0 Å². The van der Waals surface area contributed by atoms with Crippen LogP contribution in [0.4, 0.5) is 0 Å². The normalized spacial score (nSPS) is 23.4. The van der Waals surface area contributed by atoms with Crippen LogP contribution in [0.3, 0.4) is 0 Å². The zero-order valence-electron chi connectivity index (χ0n) is 15.3. The van der Waals surface area contributed by atoms with Crippen molar-refractivity contribution in [1.82, 2.24) is 9.80 Å². The van der Waals surface area contributed by atoms with Crippen LogP contribution in [0, 0.1) is 0 Å². The number of aliphatic hydroxyl groups excluding tert-OH is 1. The Labute approximate surface area is 150 Å². The van der Waals surface area contributed by atoms with Crippen LogP contribution >= 0.6 is 0 Å². The monoisotopic (exact) mass is 346 g/mol. The molecule has 1 aliphatic heterocycles. The number of hydrogen-bond donors (Lipinski definition) is 1. The number of hydrogen-bond acceptors (Lipinski definition) is 4. The summed E-state index contributed by atoms with van der Waals surface area (Å²) in [6.07, 6.45) is 2.63. The van der Waals surface area contributed by atoms with E-state index in [1.165, 1.54) is 0 Å². The van der Waals surface area contributed by atoms with Crippen LogP contribution in [0.1, 0.15) is 24.8 Å². The van der Waals surface area contributed by atoms with Gasteiger partial charge in [0.25, 0.3) is 5.91 Å². The Hall–Kier alpha value is -1.69. The molecule has 2 rings (SSSR count). The van der Waals surface area contributed by atoms with E-state index in [4.69, 9.17) is 4.74 Å². The number of amides is 1. The Morgan fingerprint density at radius 3 is 2.72 bits per heavy atom. The largest absolute Gasteiger partial charge is 0.390 e. The van der Waals surface area contributed by atoms with Gasteiger partial charge < -0.3 is 19.6 Å². The van der Waals surface area contributed by atoms with E-state index in [0.29, 0.717) is 13.0 Å². The lowest BCUT2D eigenvalue weighted by molar-refractivity contribution is -0.167. The predicted molar refractivity (Wildman–Crippen MR) is 99.1 cm³/mol. The molecule has 1 amide bonds. The molecule has 1 aromatic carbocycles. The molecule has 0 spiro atoms. The van der Waals surface area contributed by atoms with Crippen LogP contribution in [-0.2, 0) is 16.1 Å². The molecular formula is C20H30N2O3. The second-order valence-electron chi connectivity index (χ2n) is 6.84. The van der Waals surface area contributed by atoms with Gasteiger partial charge in [-0.3, -0.25) is 4.79 Å². The number of aliphatic hydroxyl groups is 1. The fraction of sp³-hybridized carbons (Fsp3) is 0.550. The van der Waals surface area contributed by atoms with Crippen molar-refractivity contribution in [2.24, 2.45) is 0 Å². The van der Waals surface area contributed by atoms with Gasteiger partial charge in [0.2, 0.25) is 0 Å². The maximum absolute atomic E-state index is 12.7. The van der Waals surface area contributed by atoms with Crippen LogP contribution in [-0.4, -0.2) is 66.3 Å². The summed E-state index contributed by atoms with van der Waals surface area (Å²) in [7, 11) is 3.79. The number of carbonyl (C=O) groups is 1. The van der Waals surface area contributed by atoms with Gasteiger partial charge in [0.15, 0.2) is 6.10 Å². The molecule has 1 N–H and O–H groups in total. The molecule has 0 unspecified atom stereocenters. The van der Waals surface area contributed by atoms with E-state index in [-0.39, 0.29) is 12.0 Å². The highest BCUT2D eigenvalue weighted by Gasteiger charge is 2.36. The summed E-state index contributed by atoms with van der Waals surface area (Å²) < 4.78 is 5.95. The van der Waals surface area contributed by atoms with Crippen LogP contribution in [0.25, 0.3) is 0 Å². The molecule has 0 radical (unpaired) electrons. The number of benzene rings is 1. The van der Waals surface area contributed by atoms with E-state index >= 15 is 0 Å². The Bertz CT molecular complexity index is 549. The average Bonchev–Trinajstić information content (AvgIpc) is 2.61. The van der Waals surface area contributed by atoms with Crippen molar-refractivity contribution in [2.75, 3.05) is 27.2 Å². The molecule has 25 heavy (non-hydrogen) atoms. The molecule has 5 nitrogen and oxygen atoms in total. The maximum atomic E-state index is 12.7. The molecule has 1 aliphatic rings. The van der Waals surface area contributed by atoms with Crippen LogP contribution in [0.15, 0.2) is 43.0 Å². The first-order valence-corrected chi connectivity index (χ1v) is 8.93. The van der Waals surface area contributed by atoms with Gasteiger partial charge in [-0.1, -0.05) is 36.4 Å². The van der Waals surface area contributed by atoms with E-state index < -0.39 is 12.2 Å². The van der Waals surface area contributed by atoms with Gasteiger partial charge in [-0.15, -0.1) is 6.58 Å². The zero-order valence-corrected chi connectivity index (χ0v) is 15.3. The minimum absolute atomic E-state index is 0.00902. The van der Waals surface area contributed by atoms with Gasteiger partial charge in [0.1, 0.15) is 0 Å². The van der Waals surface area contributed by atoms with Crippen molar-refractivity contribution in [2.45, 2.75) is 44.1 Å². The highest BCUT2D eigenvalue weighted by molar-refractivity contribution is 5.81. The first-order chi connectivity index (χ1) is 12.0. The molecule has 1 saturated heterocycles. The first-order valence-electron chi connectivity index (χ1n) is 8.93. The fourth-order valence-corrected chi connectivity index (χ4v) is 3.14. The van der Waals surface area contributed by atoms with E-state index in [1.807, 2.05) is 43.5 Å². The number of rotatable bonds is 8. The lowest BCUT2D eigenvalue weighted by Gasteiger charge is -2.35. The molecule has 1 fully saturated rings. The van der Waals surface area contributed by atoms with Crippen LogP contribution < -0.4 is 0 Å². The minimum Gasteiger partial charge on any atom is -0.390 e. The van der Waals surface area contributed by atoms with Gasteiger partial charge in [0.05, 0.1) is 12.2 Å². The molecule has 138 valence electrons. The van der Waals surface area contributed by atoms with Gasteiger partial charge in [-0.05, 0) is 31.9 Å². The summed E-state index contributed by atoms with van der Waals surface area (Å²) in [5.41, 5.74) is 1.06. The van der Waals surface area contributed by atoms with E-state index in [1.54, 1.807) is 11.9 Å². The number of ether oxygens (including phenoxy) is 1. The summed E-state index contributed by atoms with van der Waals surface area (Å²) >= 11 is 0. The molecule has 1 heterocycles. The highest BCUT2D eigenvalue weighted by atomic mass is 16.5. The second kappa shape index (κ2) is 9.70. The number of likely N-dealkylation sites (N-methyl/N-ethyl adjacent to an activating group) is 2. The summed E-state index contributed by atoms with van der Waals surface area (Å²) in [6.45, 7) is 5.96.